The molecule has 19 heavy (non-hydrogen) atoms. The zero-order chi connectivity index (χ0) is 14.3. The summed E-state index contributed by atoms with van der Waals surface area (Å²) in [6, 6.07) is 3.91. The van der Waals surface area contributed by atoms with Gasteiger partial charge < -0.3 is 10.4 Å². The lowest BCUT2D eigenvalue weighted by molar-refractivity contribution is 0.0925. The van der Waals surface area contributed by atoms with E-state index >= 15 is 0 Å². The van der Waals surface area contributed by atoms with Crippen LogP contribution in [0.1, 0.15) is 56.3 Å². The molecule has 0 spiro atoms. The van der Waals surface area contributed by atoms with Gasteiger partial charge in [-0.15, -0.1) is 0 Å². The fraction of sp³-hybridized carbons (Fsp3) is 0.533. The van der Waals surface area contributed by atoms with Crippen molar-refractivity contribution in [2.24, 2.45) is 0 Å². The zero-order valence-electron chi connectivity index (χ0n) is 11.6. The highest BCUT2D eigenvalue weighted by atomic mass is 19.1. The maximum absolute atomic E-state index is 13.6. The van der Waals surface area contributed by atoms with Crippen molar-refractivity contribution < 1.29 is 14.3 Å². The highest BCUT2D eigenvalue weighted by Gasteiger charge is 2.19. The largest absolute Gasteiger partial charge is 0.507 e. The molecule has 0 heterocycles. The molecule has 0 aliphatic rings. The number of unbranched alkanes of at least 4 members (excludes halogenated alkanes) is 1. The Morgan fingerprint density at radius 2 is 2.05 bits per heavy atom. The molecule has 0 fully saturated rings. The Morgan fingerprint density at radius 1 is 1.32 bits per heavy atom. The molecule has 4 heteroatoms. The van der Waals surface area contributed by atoms with Crippen LogP contribution in [0.15, 0.2) is 18.2 Å². The van der Waals surface area contributed by atoms with Crippen LogP contribution in [0.4, 0.5) is 4.39 Å². The average Bonchev–Trinajstić information content (AvgIpc) is 2.36. The second-order valence-electron chi connectivity index (χ2n) is 4.74. The van der Waals surface area contributed by atoms with Gasteiger partial charge in [0.05, 0.1) is 0 Å². The van der Waals surface area contributed by atoms with E-state index in [4.69, 9.17) is 0 Å². The predicted molar refractivity (Wildman–Crippen MR) is 73.8 cm³/mol. The minimum Gasteiger partial charge on any atom is -0.507 e. The van der Waals surface area contributed by atoms with Crippen molar-refractivity contribution in [3.63, 3.8) is 0 Å². The molecular weight excluding hydrogens is 245 g/mol. The van der Waals surface area contributed by atoms with Crippen LogP contribution in [0.2, 0.25) is 0 Å². The van der Waals surface area contributed by atoms with Gasteiger partial charge in [0.25, 0.3) is 5.91 Å². The third-order valence-electron chi connectivity index (χ3n) is 3.10. The summed E-state index contributed by atoms with van der Waals surface area (Å²) < 4.78 is 13.6. The lowest BCUT2D eigenvalue weighted by Crippen LogP contribution is -2.35. The van der Waals surface area contributed by atoms with Crippen molar-refractivity contribution in [3.8, 4) is 5.75 Å². The normalized spacial score (nSPS) is 12.2. The third-order valence-corrected chi connectivity index (χ3v) is 3.10. The molecule has 0 radical (unpaired) electrons. The quantitative estimate of drug-likeness (QED) is 0.792. The molecule has 0 saturated heterocycles. The number of rotatable bonds is 7. The number of hydrogen-bond acceptors (Lipinski definition) is 2. The van der Waals surface area contributed by atoms with E-state index < -0.39 is 11.7 Å². The number of phenolic OH excluding ortho intramolecular Hbond substituents is 1. The molecule has 1 aromatic rings. The van der Waals surface area contributed by atoms with Gasteiger partial charge in [0, 0.05) is 6.04 Å². The molecule has 1 aromatic carbocycles. The molecule has 0 aromatic heterocycles. The van der Waals surface area contributed by atoms with Crippen LogP contribution in [0, 0.1) is 5.82 Å². The lowest BCUT2D eigenvalue weighted by atomic mass is 10.0. The van der Waals surface area contributed by atoms with Crippen LogP contribution in [0.5, 0.6) is 5.75 Å². The van der Waals surface area contributed by atoms with E-state index in [0.29, 0.717) is 0 Å². The fourth-order valence-electron chi connectivity index (χ4n) is 2.08. The Hall–Kier alpha value is -1.58. The Balaban J connectivity index is 2.75. The summed E-state index contributed by atoms with van der Waals surface area (Å²) in [7, 11) is 0. The highest BCUT2D eigenvalue weighted by Crippen LogP contribution is 2.20. The Labute approximate surface area is 113 Å². The lowest BCUT2D eigenvalue weighted by Gasteiger charge is -2.18. The molecular formula is C15H22FNO2. The summed E-state index contributed by atoms with van der Waals surface area (Å²) in [6.45, 7) is 4.14. The van der Waals surface area contributed by atoms with Gasteiger partial charge >= 0.3 is 0 Å². The van der Waals surface area contributed by atoms with E-state index in [1.165, 1.54) is 18.2 Å². The van der Waals surface area contributed by atoms with Crippen LogP contribution in [-0.4, -0.2) is 17.1 Å². The van der Waals surface area contributed by atoms with Crippen molar-refractivity contribution in [3.05, 3.63) is 29.6 Å². The van der Waals surface area contributed by atoms with Crippen molar-refractivity contribution in [2.75, 3.05) is 0 Å². The van der Waals surface area contributed by atoms with Gasteiger partial charge in [-0.1, -0.05) is 39.2 Å². The second-order valence-corrected chi connectivity index (χ2v) is 4.74. The molecule has 0 saturated carbocycles. The number of carbonyl (C=O) groups is 1. The molecule has 1 unspecified atom stereocenters. The van der Waals surface area contributed by atoms with Gasteiger partial charge in [-0.25, -0.2) is 4.39 Å². The highest BCUT2D eigenvalue weighted by molar-refractivity contribution is 5.97. The minimum atomic E-state index is -0.691. The molecule has 1 rings (SSSR count). The van der Waals surface area contributed by atoms with E-state index in [1.807, 2.05) is 6.92 Å². The average molecular weight is 267 g/mol. The predicted octanol–water partition coefficient (Wildman–Crippen LogP) is 3.62. The molecule has 1 amide bonds. The number of benzene rings is 1. The summed E-state index contributed by atoms with van der Waals surface area (Å²) >= 11 is 0. The van der Waals surface area contributed by atoms with Gasteiger partial charge in [-0.2, -0.15) is 0 Å². The SMILES string of the molecule is CCCCC(CCC)NC(=O)c1c(O)cccc1F. The Bertz CT molecular complexity index is 400. The molecule has 106 valence electrons. The van der Waals surface area contributed by atoms with Gasteiger partial charge in [-0.05, 0) is 25.0 Å². The van der Waals surface area contributed by atoms with Gasteiger partial charge in [-0.3, -0.25) is 4.79 Å². The summed E-state index contributed by atoms with van der Waals surface area (Å²) in [5.41, 5.74) is -0.264. The summed E-state index contributed by atoms with van der Waals surface area (Å²) in [5.74, 6) is -1.54. The number of aromatic hydroxyl groups is 1. The summed E-state index contributed by atoms with van der Waals surface area (Å²) in [4.78, 5) is 12.0. The van der Waals surface area contributed by atoms with Crippen LogP contribution in [-0.2, 0) is 0 Å². The topological polar surface area (TPSA) is 49.3 Å². The summed E-state index contributed by atoms with van der Waals surface area (Å²) in [5, 5.41) is 12.4. The smallest absolute Gasteiger partial charge is 0.258 e. The van der Waals surface area contributed by atoms with Gasteiger partial charge in [0.2, 0.25) is 0 Å². The minimum absolute atomic E-state index is 0.0384. The maximum Gasteiger partial charge on any atom is 0.258 e. The van der Waals surface area contributed by atoms with E-state index in [1.54, 1.807) is 0 Å². The Kier molecular flexibility index (Phi) is 6.33. The van der Waals surface area contributed by atoms with Gasteiger partial charge in [0.1, 0.15) is 17.1 Å². The van der Waals surface area contributed by atoms with Crippen molar-refractivity contribution in [1.29, 1.82) is 0 Å². The maximum atomic E-state index is 13.6. The van der Waals surface area contributed by atoms with E-state index in [0.717, 1.165) is 32.1 Å². The van der Waals surface area contributed by atoms with Crippen molar-refractivity contribution >= 4 is 5.91 Å². The van der Waals surface area contributed by atoms with Crippen LogP contribution < -0.4 is 5.32 Å². The number of hydrogen-bond donors (Lipinski definition) is 2. The fourth-order valence-corrected chi connectivity index (χ4v) is 2.08. The van der Waals surface area contributed by atoms with Crippen LogP contribution in [0.25, 0.3) is 0 Å². The van der Waals surface area contributed by atoms with E-state index in [2.05, 4.69) is 12.2 Å². The van der Waals surface area contributed by atoms with E-state index in [9.17, 15) is 14.3 Å². The monoisotopic (exact) mass is 267 g/mol. The second kappa shape index (κ2) is 7.77. The number of amides is 1. The molecule has 0 aliphatic carbocycles. The molecule has 2 N–H and O–H groups in total. The van der Waals surface area contributed by atoms with Crippen LogP contribution in [0.3, 0.4) is 0 Å². The first kappa shape index (κ1) is 15.5. The van der Waals surface area contributed by atoms with Crippen molar-refractivity contribution in [2.45, 2.75) is 52.0 Å². The first-order valence-corrected chi connectivity index (χ1v) is 6.88. The van der Waals surface area contributed by atoms with Crippen LogP contribution >= 0.6 is 0 Å². The molecule has 0 bridgehead atoms. The molecule has 3 nitrogen and oxygen atoms in total. The standard InChI is InChI=1S/C15H22FNO2/c1-3-5-8-11(7-4-2)17-15(19)14-12(16)9-6-10-13(14)18/h6,9-11,18H,3-5,7-8H2,1-2H3,(H,17,19). The number of phenols is 1. The number of nitrogens with one attached hydrogen (secondary N) is 1. The number of halogens is 1. The first-order chi connectivity index (χ1) is 9.10. The zero-order valence-corrected chi connectivity index (χ0v) is 11.6. The third kappa shape index (κ3) is 4.54. The molecule has 1 atom stereocenters. The van der Waals surface area contributed by atoms with E-state index in [-0.39, 0.29) is 17.4 Å². The molecule has 0 aliphatic heterocycles. The number of carbonyl (C=O) groups excluding carboxylic acids is 1. The summed E-state index contributed by atoms with van der Waals surface area (Å²) in [6.07, 6.45) is 4.78. The Morgan fingerprint density at radius 3 is 2.63 bits per heavy atom. The van der Waals surface area contributed by atoms with Crippen molar-refractivity contribution in [1.82, 2.24) is 5.32 Å². The van der Waals surface area contributed by atoms with Gasteiger partial charge in [0.15, 0.2) is 0 Å². The first-order valence-electron chi connectivity index (χ1n) is 6.88.